The molecule has 0 aliphatic heterocycles. The molecule has 0 aromatic rings. The summed E-state index contributed by atoms with van der Waals surface area (Å²) in [6.07, 6.45) is 14.2. The molecule has 20 heavy (non-hydrogen) atoms. The maximum atomic E-state index is 10.9. The molecule has 0 radical (unpaired) electrons. The monoisotopic (exact) mass is 284 g/mol. The molecule has 1 N–H and O–H groups in total. The number of hydrogen-bond donors (Lipinski definition) is 1. The molecule has 0 aliphatic carbocycles. The third kappa shape index (κ3) is 13.6. The summed E-state index contributed by atoms with van der Waals surface area (Å²) in [6.45, 7) is 3.69. The van der Waals surface area contributed by atoms with Gasteiger partial charge in [-0.25, -0.2) is 0 Å². The topological polar surface area (TPSA) is 46.5 Å². The summed E-state index contributed by atoms with van der Waals surface area (Å²) < 4.78 is 4.60. The SMILES string of the molecule is C=CCCCCC(O)CCCCCCCCC(=O)OC. The average Bonchev–Trinajstić information content (AvgIpc) is 2.46. The number of aliphatic hydroxyl groups excluding tert-OH is 1. The number of rotatable bonds is 14. The van der Waals surface area contributed by atoms with Crippen molar-refractivity contribution < 1.29 is 14.6 Å². The van der Waals surface area contributed by atoms with Gasteiger partial charge in [0.15, 0.2) is 0 Å². The molecule has 0 bridgehead atoms. The van der Waals surface area contributed by atoms with Crippen LogP contribution in [0.25, 0.3) is 0 Å². The minimum atomic E-state index is -0.126. The van der Waals surface area contributed by atoms with Crippen molar-refractivity contribution in [3.8, 4) is 0 Å². The third-order valence-electron chi connectivity index (χ3n) is 3.59. The van der Waals surface area contributed by atoms with Crippen LogP contribution in [-0.4, -0.2) is 24.3 Å². The van der Waals surface area contributed by atoms with E-state index in [4.69, 9.17) is 0 Å². The smallest absolute Gasteiger partial charge is 0.305 e. The summed E-state index contributed by atoms with van der Waals surface area (Å²) in [5.74, 6) is -0.107. The van der Waals surface area contributed by atoms with Gasteiger partial charge in [0, 0.05) is 6.42 Å². The van der Waals surface area contributed by atoms with Crippen LogP contribution in [0.15, 0.2) is 12.7 Å². The lowest BCUT2D eigenvalue weighted by atomic mass is 10.0. The van der Waals surface area contributed by atoms with Crippen LogP contribution in [0.5, 0.6) is 0 Å². The van der Waals surface area contributed by atoms with Gasteiger partial charge in [-0.3, -0.25) is 4.79 Å². The molecule has 0 aromatic heterocycles. The van der Waals surface area contributed by atoms with Crippen molar-refractivity contribution in [1.29, 1.82) is 0 Å². The van der Waals surface area contributed by atoms with Gasteiger partial charge >= 0.3 is 5.97 Å². The Morgan fingerprint density at radius 2 is 1.60 bits per heavy atom. The first-order valence-corrected chi connectivity index (χ1v) is 8.06. The zero-order chi connectivity index (χ0) is 15.1. The summed E-state index contributed by atoms with van der Waals surface area (Å²) in [6, 6.07) is 0. The third-order valence-corrected chi connectivity index (χ3v) is 3.59. The summed E-state index contributed by atoms with van der Waals surface area (Å²) in [5, 5.41) is 9.80. The molecule has 118 valence electrons. The highest BCUT2D eigenvalue weighted by molar-refractivity contribution is 5.68. The number of allylic oxidation sites excluding steroid dienone is 1. The van der Waals surface area contributed by atoms with Gasteiger partial charge in [0.2, 0.25) is 0 Å². The molecule has 1 atom stereocenters. The quantitative estimate of drug-likeness (QED) is 0.292. The van der Waals surface area contributed by atoms with Crippen molar-refractivity contribution in [1.82, 2.24) is 0 Å². The number of unbranched alkanes of at least 4 members (excludes halogenated alkanes) is 7. The first kappa shape index (κ1) is 19.2. The van der Waals surface area contributed by atoms with E-state index >= 15 is 0 Å². The number of esters is 1. The number of ether oxygens (including phenoxy) is 1. The molecule has 3 heteroatoms. The Labute approximate surface area is 124 Å². The van der Waals surface area contributed by atoms with Gasteiger partial charge < -0.3 is 9.84 Å². The van der Waals surface area contributed by atoms with E-state index in [1.54, 1.807) is 0 Å². The summed E-state index contributed by atoms with van der Waals surface area (Å²) in [7, 11) is 1.44. The highest BCUT2D eigenvalue weighted by Gasteiger charge is 2.03. The first-order chi connectivity index (χ1) is 9.70. The van der Waals surface area contributed by atoms with E-state index in [2.05, 4.69) is 11.3 Å². The van der Waals surface area contributed by atoms with Gasteiger partial charge in [-0.15, -0.1) is 6.58 Å². The number of carbonyl (C=O) groups is 1. The Hall–Kier alpha value is -0.830. The van der Waals surface area contributed by atoms with E-state index in [1.807, 2.05) is 6.08 Å². The van der Waals surface area contributed by atoms with Gasteiger partial charge in [-0.05, 0) is 32.1 Å². The normalized spacial score (nSPS) is 12.1. The van der Waals surface area contributed by atoms with Crippen molar-refractivity contribution in [2.24, 2.45) is 0 Å². The van der Waals surface area contributed by atoms with Crippen LogP contribution in [-0.2, 0) is 9.53 Å². The lowest BCUT2D eigenvalue weighted by Gasteiger charge is -2.09. The largest absolute Gasteiger partial charge is 0.469 e. The molecule has 0 rings (SSSR count). The lowest BCUT2D eigenvalue weighted by Crippen LogP contribution is -2.05. The fourth-order valence-corrected chi connectivity index (χ4v) is 2.27. The van der Waals surface area contributed by atoms with Crippen molar-refractivity contribution in [2.75, 3.05) is 7.11 Å². The van der Waals surface area contributed by atoms with E-state index in [0.717, 1.165) is 51.4 Å². The van der Waals surface area contributed by atoms with E-state index in [9.17, 15) is 9.90 Å². The van der Waals surface area contributed by atoms with E-state index in [0.29, 0.717) is 6.42 Å². The second-order valence-corrected chi connectivity index (χ2v) is 5.46. The molecule has 1 unspecified atom stereocenters. The van der Waals surface area contributed by atoms with Gasteiger partial charge in [0.1, 0.15) is 0 Å². The van der Waals surface area contributed by atoms with Crippen LogP contribution in [0.3, 0.4) is 0 Å². The molecule has 0 heterocycles. The first-order valence-electron chi connectivity index (χ1n) is 8.06. The van der Waals surface area contributed by atoms with Crippen LogP contribution >= 0.6 is 0 Å². The predicted molar refractivity (Wildman–Crippen MR) is 83.6 cm³/mol. The Morgan fingerprint density at radius 1 is 1.05 bits per heavy atom. The van der Waals surface area contributed by atoms with Gasteiger partial charge in [-0.1, -0.05) is 44.6 Å². The van der Waals surface area contributed by atoms with Crippen molar-refractivity contribution >= 4 is 5.97 Å². The van der Waals surface area contributed by atoms with Gasteiger partial charge in [-0.2, -0.15) is 0 Å². The standard InChI is InChI=1S/C17H32O3/c1-3-4-5-10-13-16(18)14-11-8-6-7-9-12-15-17(19)20-2/h3,16,18H,1,4-15H2,2H3. The van der Waals surface area contributed by atoms with Crippen molar-refractivity contribution in [3.63, 3.8) is 0 Å². The molecule has 3 nitrogen and oxygen atoms in total. The number of hydrogen-bond acceptors (Lipinski definition) is 3. The van der Waals surface area contributed by atoms with Crippen LogP contribution in [0.4, 0.5) is 0 Å². The highest BCUT2D eigenvalue weighted by Crippen LogP contribution is 2.13. The molecular weight excluding hydrogens is 252 g/mol. The molecule has 0 aromatic carbocycles. The second kappa shape index (κ2) is 14.6. The van der Waals surface area contributed by atoms with E-state index in [1.165, 1.54) is 26.4 Å². The minimum absolute atomic E-state index is 0.107. The predicted octanol–water partition coefficient (Wildman–Crippen LogP) is 4.39. The number of aliphatic hydroxyl groups is 1. The Kier molecular flexibility index (Phi) is 14.0. The second-order valence-electron chi connectivity index (χ2n) is 5.46. The van der Waals surface area contributed by atoms with Crippen LogP contribution in [0.2, 0.25) is 0 Å². The molecule has 0 spiro atoms. The molecule has 0 amide bonds. The fourth-order valence-electron chi connectivity index (χ4n) is 2.27. The van der Waals surface area contributed by atoms with Crippen LogP contribution in [0.1, 0.15) is 77.0 Å². The summed E-state index contributed by atoms with van der Waals surface area (Å²) in [4.78, 5) is 10.9. The van der Waals surface area contributed by atoms with E-state index in [-0.39, 0.29) is 12.1 Å². The number of carbonyl (C=O) groups excluding carboxylic acids is 1. The van der Waals surface area contributed by atoms with Crippen LogP contribution < -0.4 is 0 Å². The summed E-state index contributed by atoms with van der Waals surface area (Å²) >= 11 is 0. The molecular formula is C17H32O3. The van der Waals surface area contributed by atoms with Gasteiger partial charge in [0.25, 0.3) is 0 Å². The Bertz CT molecular complexity index is 238. The Balaban J connectivity index is 3.18. The molecule has 0 saturated heterocycles. The maximum Gasteiger partial charge on any atom is 0.305 e. The minimum Gasteiger partial charge on any atom is -0.469 e. The van der Waals surface area contributed by atoms with E-state index < -0.39 is 0 Å². The fraction of sp³-hybridized carbons (Fsp3) is 0.824. The zero-order valence-electron chi connectivity index (χ0n) is 13.1. The number of methoxy groups -OCH3 is 1. The average molecular weight is 284 g/mol. The molecule has 0 saturated carbocycles. The molecule has 0 aliphatic rings. The highest BCUT2D eigenvalue weighted by atomic mass is 16.5. The maximum absolute atomic E-state index is 10.9. The Morgan fingerprint density at radius 3 is 2.20 bits per heavy atom. The van der Waals surface area contributed by atoms with Crippen molar-refractivity contribution in [2.45, 2.75) is 83.2 Å². The lowest BCUT2D eigenvalue weighted by molar-refractivity contribution is -0.140. The molecule has 0 fully saturated rings. The van der Waals surface area contributed by atoms with Crippen LogP contribution in [0, 0.1) is 0 Å². The zero-order valence-corrected chi connectivity index (χ0v) is 13.1. The summed E-state index contributed by atoms with van der Waals surface area (Å²) in [5.41, 5.74) is 0. The van der Waals surface area contributed by atoms with Crippen molar-refractivity contribution in [3.05, 3.63) is 12.7 Å². The van der Waals surface area contributed by atoms with Gasteiger partial charge in [0.05, 0.1) is 13.2 Å².